The maximum absolute atomic E-state index is 11.3. The minimum Gasteiger partial charge on any atom is -0.493 e. The standard InChI is InChI=1S/C11H12N2O3/c1-6(14)11-7-4-9(15-2)10(16-3)5-8(7)12-13-11/h4-5H,1-3H3,(H,12,13). The van der Waals surface area contributed by atoms with E-state index in [9.17, 15) is 4.79 Å². The van der Waals surface area contributed by atoms with E-state index in [1.807, 2.05) is 0 Å². The summed E-state index contributed by atoms with van der Waals surface area (Å²) in [6, 6.07) is 3.50. The van der Waals surface area contributed by atoms with Gasteiger partial charge in [-0.15, -0.1) is 0 Å². The molecular weight excluding hydrogens is 208 g/mol. The molecule has 16 heavy (non-hydrogen) atoms. The third-order valence-corrected chi connectivity index (χ3v) is 2.40. The number of rotatable bonds is 3. The molecule has 0 spiro atoms. The van der Waals surface area contributed by atoms with E-state index in [4.69, 9.17) is 9.47 Å². The molecule has 0 aliphatic carbocycles. The number of H-pyrrole nitrogens is 1. The van der Waals surface area contributed by atoms with Gasteiger partial charge in [0.05, 0.1) is 19.7 Å². The SMILES string of the molecule is COc1cc2[nH]nc(C(C)=O)c2cc1OC. The lowest BCUT2D eigenvalue weighted by molar-refractivity contribution is 0.101. The topological polar surface area (TPSA) is 64.2 Å². The summed E-state index contributed by atoms with van der Waals surface area (Å²) in [6.07, 6.45) is 0. The van der Waals surface area contributed by atoms with Crippen LogP contribution < -0.4 is 9.47 Å². The highest BCUT2D eigenvalue weighted by atomic mass is 16.5. The quantitative estimate of drug-likeness (QED) is 0.801. The monoisotopic (exact) mass is 220 g/mol. The van der Waals surface area contributed by atoms with Gasteiger partial charge in [0, 0.05) is 18.4 Å². The van der Waals surface area contributed by atoms with Gasteiger partial charge in [0.1, 0.15) is 5.69 Å². The number of hydrogen-bond acceptors (Lipinski definition) is 4. The molecule has 84 valence electrons. The molecule has 0 amide bonds. The van der Waals surface area contributed by atoms with Crippen LogP contribution in [-0.4, -0.2) is 30.2 Å². The van der Waals surface area contributed by atoms with Gasteiger partial charge in [-0.1, -0.05) is 0 Å². The Morgan fingerprint density at radius 3 is 2.44 bits per heavy atom. The number of benzene rings is 1. The molecule has 0 unspecified atom stereocenters. The highest BCUT2D eigenvalue weighted by Crippen LogP contribution is 2.32. The molecule has 0 saturated carbocycles. The van der Waals surface area contributed by atoms with Crippen LogP contribution in [0.4, 0.5) is 0 Å². The maximum atomic E-state index is 11.3. The van der Waals surface area contributed by atoms with Gasteiger partial charge in [-0.2, -0.15) is 5.10 Å². The number of aromatic amines is 1. The average Bonchev–Trinajstić information content (AvgIpc) is 2.69. The molecule has 1 aromatic carbocycles. The minimum atomic E-state index is -0.0848. The number of ether oxygens (including phenoxy) is 2. The molecular formula is C11H12N2O3. The first-order valence-electron chi connectivity index (χ1n) is 4.78. The van der Waals surface area contributed by atoms with Crippen LogP contribution in [0.25, 0.3) is 10.9 Å². The molecule has 2 aromatic rings. The van der Waals surface area contributed by atoms with Crippen molar-refractivity contribution in [2.24, 2.45) is 0 Å². The summed E-state index contributed by atoms with van der Waals surface area (Å²) in [7, 11) is 3.11. The van der Waals surface area contributed by atoms with Gasteiger partial charge in [0.25, 0.3) is 0 Å². The van der Waals surface area contributed by atoms with Crippen LogP contribution in [0.2, 0.25) is 0 Å². The number of hydrogen-bond donors (Lipinski definition) is 1. The lowest BCUT2D eigenvalue weighted by atomic mass is 10.1. The second-order valence-corrected chi connectivity index (χ2v) is 3.38. The zero-order valence-electron chi connectivity index (χ0n) is 9.33. The fraction of sp³-hybridized carbons (Fsp3) is 0.273. The Kier molecular flexibility index (Phi) is 2.52. The van der Waals surface area contributed by atoms with Crippen molar-refractivity contribution >= 4 is 16.7 Å². The van der Waals surface area contributed by atoms with Gasteiger partial charge < -0.3 is 9.47 Å². The molecule has 0 atom stereocenters. The molecule has 1 aromatic heterocycles. The predicted octanol–water partition coefficient (Wildman–Crippen LogP) is 1.78. The van der Waals surface area contributed by atoms with Crippen molar-refractivity contribution in [3.8, 4) is 11.5 Å². The largest absolute Gasteiger partial charge is 0.493 e. The zero-order valence-corrected chi connectivity index (χ0v) is 9.33. The van der Waals surface area contributed by atoms with Crippen molar-refractivity contribution in [1.82, 2.24) is 10.2 Å². The second-order valence-electron chi connectivity index (χ2n) is 3.38. The van der Waals surface area contributed by atoms with E-state index in [1.165, 1.54) is 6.92 Å². The zero-order chi connectivity index (χ0) is 11.7. The minimum absolute atomic E-state index is 0.0848. The Morgan fingerprint density at radius 1 is 1.25 bits per heavy atom. The summed E-state index contributed by atoms with van der Waals surface area (Å²) < 4.78 is 10.3. The molecule has 0 bridgehead atoms. The summed E-state index contributed by atoms with van der Waals surface area (Å²) in [6.45, 7) is 1.48. The third kappa shape index (κ3) is 1.50. The van der Waals surface area contributed by atoms with Crippen LogP contribution in [0.3, 0.4) is 0 Å². The molecule has 2 rings (SSSR count). The van der Waals surface area contributed by atoms with Crippen molar-refractivity contribution in [2.75, 3.05) is 14.2 Å². The van der Waals surface area contributed by atoms with Gasteiger partial charge in [-0.25, -0.2) is 0 Å². The molecule has 1 N–H and O–H groups in total. The van der Waals surface area contributed by atoms with Crippen molar-refractivity contribution in [3.63, 3.8) is 0 Å². The normalized spacial score (nSPS) is 10.4. The van der Waals surface area contributed by atoms with Crippen molar-refractivity contribution in [3.05, 3.63) is 17.8 Å². The fourth-order valence-corrected chi connectivity index (χ4v) is 1.61. The number of carbonyl (C=O) groups is 1. The molecule has 0 saturated heterocycles. The molecule has 0 aliphatic rings. The Balaban J connectivity index is 2.71. The first-order valence-corrected chi connectivity index (χ1v) is 4.78. The summed E-state index contributed by atoms with van der Waals surface area (Å²) in [5.74, 6) is 1.10. The van der Waals surface area contributed by atoms with E-state index in [-0.39, 0.29) is 5.78 Å². The summed E-state index contributed by atoms with van der Waals surface area (Å²) >= 11 is 0. The van der Waals surface area contributed by atoms with E-state index in [1.54, 1.807) is 26.4 Å². The van der Waals surface area contributed by atoms with E-state index in [0.717, 1.165) is 10.9 Å². The first-order chi connectivity index (χ1) is 7.67. The van der Waals surface area contributed by atoms with Crippen molar-refractivity contribution in [1.29, 1.82) is 0 Å². The second kappa shape index (κ2) is 3.84. The van der Waals surface area contributed by atoms with Gasteiger partial charge in [-0.05, 0) is 6.07 Å². The van der Waals surface area contributed by atoms with Crippen LogP contribution in [0.5, 0.6) is 11.5 Å². The maximum Gasteiger partial charge on any atom is 0.180 e. The Bertz CT molecular complexity index is 545. The number of methoxy groups -OCH3 is 2. The number of Topliss-reactive ketones (excluding diaryl/α,β-unsaturated/α-hetero) is 1. The van der Waals surface area contributed by atoms with Crippen LogP contribution >= 0.6 is 0 Å². The number of nitrogens with one attached hydrogen (secondary N) is 1. The van der Waals surface area contributed by atoms with Crippen LogP contribution in [0.15, 0.2) is 12.1 Å². The number of ketones is 1. The molecule has 5 heteroatoms. The molecule has 0 aliphatic heterocycles. The summed E-state index contributed by atoms with van der Waals surface area (Å²) in [5.41, 5.74) is 1.17. The number of aromatic nitrogens is 2. The third-order valence-electron chi connectivity index (χ3n) is 2.40. The smallest absolute Gasteiger partial charge is 0.180 e. The Labute approximate surface area is 92.4 Å². The van der Waals surface area contributed by atoms with Gasteiger partial charge in [0.2, 0.25) is 0 Å². The lowest BCUT2D eigenvalue weighted by Crippen LogP contribution is -1.94. The highest BCUT2D eigenvalue weighted by Gasteiger charge is 2.14. The van der Waals surface area contributed by atoms with Gasteiger partial charge in [0.15, 0.2) is 17.3 Å². The molecule has 0 radical (unpaired) electrons. The van der Waals surface area contributed by atoms with Crippen molar-refractivity contribution < 1.29 is 14.3 Å². The van der Waals surface area contributed by atoms with E-state index in [0.29, 0.717) is 17.2 Å². The average molecular weight is 220 g/mol. The summed E-state index contributed by atoms with van der Waals surface area (Å²) in [5, 5.41) is 7.49. The van der Waals surface area contributed by atoms with E-state index in [2.05, 4.69) is 10.2 Å². The fourth-order valence-electron chi connectivity index (χ4n) is 1.61. The van der Waals surface area contributed by atoms with Gasteiger partial charge >= 0.3 is 0 Å². The molecule has 1 heterocycles. The number of nitrogens with zero attached hydrogens (tertiary/aromatic N) is 1. The van der Waals surface area contributed by atoms with E-state index >= 15 is 0 Å². The lowest BCUT2D eigenvalue weighted by Gasteiger charge is -2.06. The molecule has 5 nitrogen and oxygen atoms in total. The Morgan fingerprint density at radius 2 is 1.88 bits per heavy atom. The Hall–Kier alpha value is -2.04. The number of fused-ring (bicyclic) bond motifs is 1. The predicted molar refractivity (Wildman–Crippen MR) is 59.2 cm³/mol. The van der Waals surface area contributed by atoms with E-state index < -0.39 is 0 Å². The van der Waals surface area contributed by atoms with Crippen LogP contribution in [0.1, 0.15) is 17.4 Å². The van der Waals surface area contributed by atoms with Gasteiger partial charge in [-0.3, -0.25) is 9.89 Å². The van der Waals surface area contributed by atoms with Crippen LogP contribution in [-0.2, 0) is 0 Å². The first kappa shape index (κ1) is 10.5. The van der Waals surface area contributed by atoms with Crippen LogP contribution in [0, 0.1) is 0 Å². The highest BCUT2D eigenvalue weighted by molar-refractivity contribution is 6.05. The molecule has 0 fully saturated rings. The number of carbonyl (C=O) groups excluding carboxylic acids is 1. The van der Waals surface area contributed by atoms with Crippen molar-refractivity contribution in [2.45, 2.75) is 6.92 Å². The summed E-state index contributed by atoms with van der Waals surface area (Å²) in [4.78, 5) is 11.3.